The third kappa shape index (κ3) is 4.29. The first-order valence-corrected chi connectivity index (χ1v) is 7.54. The predicted octanol–water partition coefficient (Wildman–Crippen LogP) is 3.86. The molecule has 0 fully saturated rings. The molecular weight excluding hydrogens is 381 g/mol. The molecule has 0 heterocycles. The molecule has 0 bridgehead atoms. The number of nitrogens with one attached hydrogen (secondary N) is 1. The zero-order valence-corrected chi connectivity index (χ0v) is 13.6. The minimum atomic E-state index is -0.418. The molecule has 4 nitrogen and oxygen atoms in total. The van der Waals surface area contributed by atoms with Gasteiger partial charge >= 0.3 is 5.97 Å². The molecule has 5 heteroatoms. The maximum absolute atomic E-state index is 12.1. The summed E-state index contributed by atoms with van der Waals surface area (Å²) in [6.07, 6.45) is 0.395. The molecule has 2 aromatic carbocycles. The highest BCUT2D eigenvalue weighted by molar-refractivity contribution is 14.1. The Bertz CT molecular complexity index is 670. The Hall–Kier alpha value is -1.89. The van der Waals surface area contributed by atoms with Crippen LogP contribution in [0.1, 0.15) is 23.7 Å². The van der Waals surface area contributed by atoms with Crippen LogP contribution in [0.2, 0.25) is 0 Å². The fourth-order valence-electron chi connectivity index (χ4n) is 1.68. The van der Waals surface area contributed by atoms with Crippen LogP contribution >= 0.6 is 22.6 Å². The van der Waals surface area contributed by atoms with Gasteiger partial charge in [0.05, 0.1) is 5.56 Å². The number of hydrogen-bond donors (Lipinski definition) is 1. The van der Waals surface area contributed by atoms with E-state index in [1.54, 1.807) is 43.3 Å². The first-order chi connectivity index (χ1) is 10.1. The molecule has 2 aromatic rings. The third-order valence-electron chi connectivity index (χ3n) is 2.74. The van der Waals surface area contributed by atoms with Crippen LogP contribution in [0, 0.1) is 3.57 Å². The van der Waals surface area contributed by atoms with Crippen molar-refractivity contribution in [3.05, 3.63) is 57.7 Å². The zero-order valence-electron chi connectivity index (χ0n) is 11.4. The van der Waals surface area contributed by atoms with Gasteiger partial charge in [0.15, 0.2) is 0 Å². The van der Waals surface area contributed by atoms with Crippen molar-refractivity contribution in [1.82, 2.24) is 0 Å². The number of benzene rings is 2. The average Bonchev–Trinajstić information content (AvgIpc) is 2.47. The van der Waals surface area contributed by atoms with Crippen molar-refractivity contribution in [3.8, 4) is 5.75 Å². The molecule has 0 spiro atoms. The van der Waals surface area contributed by atoms with Gasteiger partial charge in [0.2, 0.25) is 5.91 Å². The molecule has 0 aliphatic heterocycles. The summed E-state index contributed by atoms with van der Waals surface area (Å²) in [5.41, 5.74) is 1.12. The van der Waals surface area contributed by atoms with Crippen molar-refractivity contribution in [2.75, 3.05) is 5.32 Å². The highest BCUT2D eigenvalue weighted by Crippen LogP contribution is 2.20. The summed E-state index contributed by atoms with van der Waals surface area (Å²) in [6.45, 7) is 1.77. The number of rotatable bonds is 4. The van der Waals surface area contributed by atoms with Crippen LogP contribution in [0.5, 0.6) is 5.75 Å². The van der Waals surface area contributed by atoms with Crippen LogP contribution in [0.25, 0.3) is 0 Å². The van der Waals surface area contributed by atoms with E-state index in [0.29, 0.717) is 23.4 Å². The van der Waals surface area contributed by atoms with Gasteiger partial charge in [0, 0.05) is 21.7 Å². The molecule has 1 amide bonds. The lowest BCUT2D eigenvalue weighted by Gasteiger charge is -2.08. The zero-order chi connectivity index (χ0) is 15.2. The van der Waals surface area contributed by atoms with E-state index in [1.807, 2.05) is 12.1 Å². The van der Waals surface area contributed by atoms with Gasteiger partial charge in [-0.05, 0) is 46.9 Å². The van der Waals surface area contributed by atoms with Crippen LogP contribution in [-0.4, -0.2) is 11.9 Å². The minimum absolute atomic E-state index is 0.0870. The largest absolute Gasteiger partial charge is 0.423 e. The number of halogens is 1. The predicted molar refractivity (Wildman–Crippen MR) is 89.5 cm³/mol. The van der Waals surface area contributed by atoms with Crippen LogP contribution in [0.4, 0.5) is 5.69 Å². The summed E-state index contributed by atoms with van der Waals surface area (Å²) in [6, 6.07) is 14.0. The van der Waals surface area contributed by atoms with Crippen LogP contribution in [0.15, 0.2) is 48.5 Å². The van der Waals surface area contributed by atoms with Crippen molar-refractivity contribution in [2.24, 2.45) is 0 Å². The molecule has 1 N–H and O–H groups in total. The maximum Gasteiger partial charge on any atom is 0.344 e. The van der Waals surface area contributed by atoms with Crippen LogP contribution in [-0.2, 0) is 4.79 Å². The van der Waals surface area contributed by atoms with E-state index in [0.717, 1.165) is 3.57 Å². The SMILES string of the molecule is CCC(=O)Nc1cccc(OC(=O)c2ccccc2I)c1. The molecule has 21 heavy (non-hydrogen) atoms. The van der Waals surface area contributed by atoms with Gasteiger partial charge in [-0.1, -0.05) is 25.1 Å². The van der Waals surface area contributed by atoms with Crippen molar-refractivity contribution >= 4 is 40.2 Å². The second-order valence-electron chi connectivity index (χ2n) is 4.30. The summed E-state index contributed by atoms with van der Waals surface area (Å²) < 4.78 is 6.17. The number of carbonyl (C=O) groups is 2. The van der Waals surface area contributed by atoms with E-state index in [-0.39, 0.29) is 5.91 Å². The monoisotopic (exact) mass is 395 g/mol. The second kappa shape index (κ2) is 7.21. The lowest BCUT2D eigenvalue weighted by atomic mass is 10.2. The molecular formula is C16H14INO3. The Morgan fingerprint density at radius 3 is 2.62 bits per heavy atom. The average molecular weight is 395 g/mol. The molecule has 0 aliphatic carbocycles. The summed E-state index contributed by atoms with van der Waals surface area (Å²) in [5.74, 6) is -0.108. The summed E-state index contributed by atoms with van der Waals surface area (Å²) in [7, 11) is 0. The topological polar surface area (TPSA) is 55.4 Å². The maximum atomic E-state index is 12.1. The van der Waals surface area contributed by atoms with Gasteiger partial charge in [-0.15, -0.1) is 0 Å². The first-order valence-electron chi connectivity index (χ1n) is 6.46. The number of esters is 1. The number of amides is 1. The van der Waals surface area contributed by atoms with Gasteiger partial charge in [-0.3, -0.25) is 4.79 Å². The highest BCUT2D eigenvalue weighted by atomic mass is 127. The fraction of sp³-hybridized carbons (Fsp3) is 0.125. The number of hydrogen-bond acceptors (Lipinski definition) is 3. The Morgan fingerprint density at radius 2 is 1.90 bits per heavy atom. The molecule has 0 atom stereocenters. The Morgan fingerprint density at radius 1 is 1.14 bits per heavy atom. The number of ether oxygens (including phenoxy) is 1. The van der Waals surface area contributed by atoms with Crippen molar-refractivity contribution < 1.29 is 14.3 Å². The third-order valence-corrected chi connectivity index (χ3v) is 3.68. The van der Waals surface area contributed by atoms with Gasteiger partial charge in [0.25, 0.3) is 0 Å². The van der Waals surface area contributed by atoms with E-state index in [1.165, 1.54) is 0 Å². The molecule has 0 saturated heterocycles. The molecule has 0 aliphatic rings. The minimum Gasteiger partial charge on any atom is -0.423 e. The van der Waals surface area contributed by atoms with E-state index in [2.05, 4.69) is 27.9 Å². The summed E-state index contributed by atoms with van der Waals surface area (Å²) in [4.78, 5) is 23.5. The second-order valence-corrected chi connectivity index (χ2v) is 5.46. The molecule has 0 unspecified atom stereocenters. The quantitative estimate of drug-likeness (QED) is 0.486. The number of anilines is 1. The summed E-state index contributed by atoms with van der Waals surface area (Å²) >= 11 is 2.09. The molecule has 108 valence electrons. The van der Waals surface area contributed by atoms with E-state index in [9.17, 15) is 9.59 Å². The van der Waals surface area contributed by atoms with Crippen molar-refractivity contribution in [1.29, 1.82) is 0 Å². The fourth-order valence-corrected chi connectivity index (χ4v) is 2.28. The molecule has 2 rings (SSSR count). The van der Waals surface area contributed by atoms with Gasteiger partial charge in [-0.25, -0.2) is 4.79 Å². The standard InChI is InChI=1S/C16H14INO3/c1-2-15(19)18-11-6-5-7-12(10-11)21-16(20)13-8-3-4-9-14(13)17/h3-10H,2H2,1H3,(H,18,19). The smallest absolute Gasteiger partial charge is 0.344 e. The van der Waals surface area contributed by atoms with Crippen LogP contribution < -0.4 is 10.1 Å². The lowest BCUT2D eigenvalue weighted by molar-refractivity contribution is -0.115. The van der Waals surface area contributed by atoms with Crippen molar-refractivity contribution in [3.63, 3.8) is 0 Å². The first kappa shape index (κ1) is 15.5. The molecule has 0 radical (unpaired) electrons. The highest BCUT2D eigenvalue weighted by Gasteiger charge is 2.12. The van der Waals surface area contributed by atoms with Gasteiger partial charge in [0.1, 0.15) is 5.75 Å². The number of carbonyl (C=O) groups excluding carboxylic acids is 2. The van der Waals surface area contributed by atoms with Crippen LogP contribution in [0.3, 0.4) is 0 Å². The summed E-state index contributed by atoms with van der Waals surface area (Å²) in [5, 5.41) is 2.72. The van der Waals surface area contributed by atoms with E-state index >= 15 is 0 Å². The Labute approximate surface area is 136 Å². The normalized spacial score (nSPS) is 10.0. The lowest BCUT2D eigenvalue weighted by Crippen LogP contribution is -2.11. The van der Waals surface area contributed by atoms with E-state index in [4.69, 9.17) is 4.74 Å². The Kier molecular flexibility index (Phi) is 5.32. The van der Waals surface area contributed by atoms with Gasteiger partial charge < -0.3 is 10.1 Å². The van der Waals surface area contributed by atoms with Crippen molar-refractivity contribution in [2.45, 2.75) is 13.3 Å². The molecule has 0 aromatic heterocycles. The van der Waals surface area contributed by atoms with E-state index < -0.39 is 5.97 Å². The van der Waals surface area contributed by atoms with Gasteiger partial charge in [-0.2, -0.15) is 0 Å². The molecule has 0 saturated carbocycles. The Balaban J connectivity index is 2.13.